The van der Waals surface area contributed by atoms with Crippen LogP contribution in [0.3, 0.4) is 0 Å². The highest BCUT2D eigenvalue weighted by Crippen LogP contribution is 2.04. The molecule has 0 N–H and O–H groups in total. The number of esters is 1. The van der Waals surface area contributed by atoms with Crippen LogP contribution < -0.4 is 12.4 Å². The Balaban J connectivity index is 0. The summed E-state index contributed by atoms with van der Waals surface area (Å²) in [5, 5.41) is 0. The Bertz CT molecular complexity index is 187. The number of likely N-dealkylation sites (N-methyl/N-ethyl adjacent to an activating group) is 1. The van der Waals surface area contributed by atoms with Crippen molar-refractivity contribution in [1.82, 2.24) is 0 Å². The number of hydrogen-bond acceptors (Lipinski definition) is 2. The summed E-state index contributed by atoms with van der Waals surface area (Å²) < 4.78 is 5.95. The summed E-state index contributed by atoms with van der Waals surface area (Å²) in [5.41, 5.74) is 0. The maximum Gasteiger partial charge on any atom is 0.330 e. The molecule has 84 valence electrons. The lowest BCUT2D eigenvalue weighted by molar-refractivity contribution is -0.873. The van der Waals surface area contributed by atoms with E-state index < -0.39 is 0 Å². The first-order chi connectivity index (χ1) is 5.89. The minimum atomic E-state index is -0.333. The second kappa shape index (κ2) is 6.85. The molecule has 1 atom stereocenters. The number of carbonyl (C=O) groups is 1. The third kappa shape index (κ3) is 8.08. The topological polar surface area (TPSA) is 26.3 Å². The Morgan fingerprint density at radius 2 is 2.00 bits per heavy atom. The van der Waals surface area contributed by atoms with Gasteiger partial charge >= 0.3 is 5.97 Å². The summed E-state index contributed by atoms with van der Waals surface area (Å²) in [7, 11) is 6.22. The zero-order valence-electron chi connectivity index (χ0n) is 9.42. The van der Waals surface area contributed by atoms with Crippen molar-refractivity contribution in [3.8, 4) is 0 Å². The van der Waals surface area contributed by atoms with E-state index >= 15 is 0 Å². The average Bonchev–Trinajstić information content (AvgIpc) is 2.00. The van der Waals surface area contributed by atoms with E-state index in [9.17, 15) is 4.79 Å². The van der Waals surface area contributed by atoms with Crippen LogP contribution in [0.2, 0.25) is 0 Å². The number of quaternary nitrogens is 1. The van der Waals surface area contributed by atoms with Crippen LogP contribution in [0.25, 0.3) is 0 Å². The van der Waals surface area contributed by atoms with Crippen molar-refractivity contribution in [2.45, 2.75) is 19.4 Å². The van der Waals surface area contributed by atoms with Crippen molar-refractivity contribution >= 4 is 5.97 Å². The molecule has 0 aromatic heterocycles. The molecule has 0 fully saturated rings. The number of carbonyl (C=O) groups excluding carboxylic acids is 1. The van der Waals surface area contributed by atoms with Crippen LogP contribution in [0, 0.1) is 0 Å². The predicted octanol–water partition coefficient (Wildman–Crippen LogP) is -1.80. The zero-order valence-corrected chi connectivity index (χ0v) is 10.2. The fraction of sp³-hybridized carbons (Fsp3) is 0.700. The molecule has 0 saturated heterocycles. The summed E-state index contributed by atoms with van der Waals surface area (Å²) >= 11 is 0. The van der Waals surface area contributed by atoms with Crippen molar-refractivity contribution in [2.24, 2.45) is 0 Å². The molecule has 0 aliphatic carbocycles. The van der Waals surface area contributed by atoms with E-state index in [1.54, 1.807) is 0 Å². The van der Waals surface area contributed by atoms with E-state index in [0.29, 0.717) is 0 Å². The molecular weight excluding hydrogens is 202 g/mol. The number of hydrogen-bond donors (Lipinski definition) is 0. The third-order valence-corrected chi connectivity index (χ3v) is 1.66. The van der Waals surface area contributed by atoms with E-state index in [1.807, 2.05) is 6.92 Å². The number of rotatable bonds is 5. The largest absolute Gasteiger partial charge is 1.00 e. The summed E-state index contributed by atoms with van der Waals surface area (Å²) in [6.07, 6.45) is 2.04. The lowest BCUT2D eigenvalue weighted by Gasteiger charge is -2.28. The normalized spacial score (nSPS) is 12.6. The molecule has 0 spiro atoms. The maximum absolute atomic E-state index is 10.9. The fourth-order valence-corrected chi connectivity index (χ4v) is 1.07. The molecule has 0 aliphatic rings. The van der Waals surface area contributed by atoms with Gasteiger partial charge in [-0.3, -0.25) is 0 Å². The smallest absolute Gasteiger partial charge is 0.330 e. The van der Waals surface area contributed by atoms with Crippen molar-refractivity contribution in [3.05, 3.63) is 12.7 Å². The molecule has 3 nitrogen and oxygen atoms in total. The van der Waals surface area contributed by atoms with Crippen molar-refractivity contribution in [2.75, 3.05) is 27.7 Å². The summed E-state index contributed by atoms with van der Waals surface area (Å²) in [5.74, 6) is -0.333. The summed E-state index contributed by atoms with van der Waals surface area (Å²) in [6.45, 7) is 6.20. The van der Waals surface area contributed by atoms with Gasteiger partial charge in [0.1, 0.15) is 6.54 Å². The van der Waals surface area contributed by atoms with Crippen LogP contribution in [0.5, 0.6) is 0 Å². The fourth-order valence-electron chi connectivity index (χ4n) is 1.07. The van der Waals surface area contributed by atoms with Gasteiger partial charge in [-0.2, -0.15) is 0 Å². The first-order valence-electron chi connectivity index (χ1n) is 4.52. The highest BCUT2D eigenvalue weighted by Gasteiger charge is 2.18. The lowest BCUT2D eigenvalue weighted by Crippen LogP contribution is -3.00. The van der Waals surface area contributed by atoms with Gasteiger partial charge in [0.2, 0.25) is 0 Å². The van der Waals surface area contributed by atoms with Crippen LogP contribution in [0.15, 0.2) is 12.7 Å². The molecule has 0 aliphatic heterocycles. The van der Waals surface area contributed by atoms with E-state index in [2.05, 4.69) is 27.7 Å². The minimum Gasteiger partial charge on any atom is -1.00 e. The molecule has 0 heterocycles. The number of nitrogens with zero attached hydrogens (tertiary/aromatic N) is 1. The van der Waals surface area contributed by atoms with Gasteiger partial charge in [-0.05, 0) is 6.42 Å². The number of ether oxygens (including phenoxy) is 1. The van der Waals surface area contributed by atoms with Crippen LogP contribution >= 0.6 is 0 Å². The molecular formula is C10H20ClNO2. The van der Waals surface area contributed by atoms with Crippen LogP contribution in [0.4, 0.5) is 0 Å². The molecule has 0 aromatic rings. The first-order valence-corrected chi connectivity index (χ1v) is 4.52. The summed E-state index contributed by atoms with van der Waals surface area (Å²) in [6, 6.07) is 0. The molecule has 0 amide bonds. The van der Waals surface area contributed by atoms with Gasteiger partial charge in [-0.1, -0.05) is 13.5 Å². The SMILES string of the molecule is C=CC(=O)OC(CC)C[N+](C)(C)C.[Cl-]. The molecule has 1 unspecified atom stereocenters. The molecule has 4 heteroatoms. The standard InChI is InChI=1S/C10H20NO2.ClH/c1-6-9(8-11(3,4)5)13-10(12)7-2;/h7,9H,2,6,8H2,1,3-5H3;1H/q+1;/p-1. The monoisotopic (exact) mass is 221 g/mol. The zero-order chi connectivity index (χ0) is 10.5. The van der Waals surface area contributed by atoms with Crippen LogP contribution in [0.1, 0.15) is 13.3 Å². The first kappa shape index (κ1) is 15.9. The molecule has 14 heavy (non-hydrogen) atoms. The molecule has 0 bridgehead atoms. The predicted molar refractivity (Wildman–Crippen MR) is 53.3 cm³/mol. The van der Waals surface area contributed by atoms with Gasteiger partial charge in [0.05, 0.1) is 21.1 Å². The van der Waals surface area contributed by atoms with Crippen LogP contribution in [-0.2, 0) is 9.53 Å². The highest BCUT2D eigenvalue weighted by molar-refractivity contribution is 5.81. The van der Waals surface area contributed by atoms with Gasteiger partial charge in [0.15, 0.2) is 6.10 Å². The Kier molecular flexibility index (Phi) is 7.78. The van der Waals surface area contributed by atoms with Gasteiger partial charge in [0, 0.05) is 6.08 Å². The van der Waals surface area contributed by atoms with Crippen molar-refractivity contribution in [1.29, 1.82) is 0 Å². The highest BCUT2D eigenvalue weighted by atomic mass is 35.5. The van der Waals surface area contributed by atoms with E-state index in [-0.39, 0.29) is 24.5 Å². The molecule has 0 aromatic carbocycles. The van der Waals surface area contributed by atoms with Gasteiger partial charge in [-0.25, -0.2) is 4.79 Å². The third-order valence-electron chi connectivity index (χ3n) is 1.66. The van der Waals surface area contributed by atoms with Crippen molar-refractivity contribution < 1.29 is 26.4 Å². The van der Waals surface area contributed by atoms with Crippen molar-refractivity contribution in [3.63, 3.8) is 0 Å². The Hall–Kier alpha value is -0.540. The van der Waals surface area contributed by atoms with Gasteiger partial charge in [-0.15, -0.1) is 0 Å². The second-order valence-electron chi connectivity index (χ2n) is 4.14. The quantitative estimate of drug-likeness (QED) is 0.311. The van der Waals surface area contributed by atoms with E-state index in [0.717, 1.165) is 17.4 Å². The Labute approximate surface area is 92.7 Å². The van der Waals surface area contributed by atoms with E-state index in [4.69, 9.17) is 4.74 Å². The van der Waals surface area contributed by atoms with Gasteiger partial charge in [0.25, 0.3) is 0 Å². The molecule has 0 saturated carbocycles. The minimum absolute atomic E-state index is 0. The summed E-state index contributed by atoms with van der Waals surface area (Å²) in [4.78, 5) is 10.9. The Morgan fingerprint density at radius 1 is 1.50 bits per heavy atom. The molecule has 0 rings (SSSR count). The number of halogens is 1. The lowest BCUT2D eigenvalue weighted by atomic mass is 10.2. The maximum atomic E-state index is 10.9. The van der Waals surface area contributed by atoms with Gasteiger partial charge < -0.3 is 21.6 Å². The molecule has 0 radical (unpaired) electrons. The van der Waals surface area contributed by atoms with E-state index in [1.165, 1.54) is 6.08 Å². The average molecular weight is 222 g/mol. The van der Waals surface area contributed by atoms with Crippen LogP contribution in [-0.4, -0.2) is 44.2 Å². The second-order valence-corrected chi connectivity index (χ2v) is 4.14. The Morgan fingerprint density at radius 3 is 2.29 bits per heavy atom.